The van der Waals surface area contributed by atoms with Gasteiger partial charge < -0.3 is 4.74 Å². The van der Waals surface area contributed by atoms with E-state index in [2.05, 4.69) is 9.89 Å². The van der Waals surface area contributed by atoms with Gasteiger partial charge in [0.15, 0.2) is 0 Å². The first-order valence-electron chi connectivity index (χ1n) is 8.49. The lowest BCUT2D eigenvalue weighted by Gasteiger charge is -2.30. The number of halogens is 1. The van der Waals surface area contributed by atoms with Gasteiger partial charge in [0.2, 0.25) is 0 Å². The largest absolute Gasteiger partial charge is 0.379 e. The van der Waals surface area contributed by atoms with E-state index in [0.29, 0.717) is 25.5 Å². The van der Waals surface area contributed by atoms with Gasteiger partial charge in [0.1, 0.15) is 0 Å². The van der Waals surface area contributed by atoms with E-state index in [0.717, 1.165) is 35.4 Å². The molecule has 1 aromatic carbocycles. The average Bonchev–Trinajstić information content (AvgIpc) is 2.64. The number of nitrogens with zero attached hydrogens (tertiary/aromatic N) is 2. The van der Waals surface area contributed by atoms with E-state index >= 15 is 0 Å². The lowest BCUT2D eigenvalue weighted by atomic mass is 9.85. The Bertz CT molecular complexity index is 802. The topological polar surface area (TPSA) is 41.9 Å². The molecule has 4 rings (SSSR count). The molecule has 1 aliphatic carbocycles. The number of alkyl halides is 1. The summed E-state index contributed by atoms with van der Waals surface area (Å²) in [6, 6.07) is 10.0. The third-order valence-corrected chi connectivity index (χ3v) is 4.91. The van der Waals surface area contributed by atoms with Crippen molar-refractivity contribution in [3.63, 3.8) is 0 Å². The van der Waals surface area contributed by atoms with Crippen molar-refractivity contribution in [2.24, 2.45) is 4.99 Å². The summed E-state index contributed by atoms with van der Waals surface area (Å²) in [5.74, 6) is -0.157. The SMILES string of the molecule is O=C1N=C2C=CC(Cl)C=C2C(c2ccccc2)=C1CN1CCOCC1. The van der Waals surface area contributed by atoms with Crippen LogP contribution in [0.1, 0.15) is 5.56 Å². The van der Waals surface area contributed by atoms with E-state index in [4.69, 9.17) is 16.3 Å². The third-order valence-electron chi connectivity index (χ3n) is 4.64. The Kier molecular flexibility index (Phi) is 4.66. The number of dihydropyridines is 1. The molecule has 0 N–H and O–H groups in total. The van der Waals surface area contributed by atoms with Gasteiger partial charge in [0, 0.05) is 36.4 Å². The van der Waals surface area contributed by atoms with Crippen LogP contribution in [-0.2, 0) is 9.53 Å². The Balaban J connectivity index is 1.80. The van der Waals surface area contributed by atoms with Crippen LogP contribution in [0.15, 0.2) is 64.7 Å². The quantitative estimate of drug-likeness (QED) is 0.784. The van der Waals surface area contributed by atoms with Crippen LogP contribution in [-0.4, -0.2) is 54.7 Å². The molecular weight excluding hydrogens is 336 g/mol. The number of benzene rings is 1. The molecule has 5 heteroatoms. The maximum Gasteiger partial charge on any atom is 0.275 e. The van der Waals surface area contributed by atoms with Crippen LogP contribution in [0.5, 0.6) is 0 Å². The van der Waals surface area contributed by atoms with E-state index in [1.165, 1.54) is 0 Å². The van der Waals surface area contributed by atoms with E-state index in [9.17, 15) is 4.79 Å². The minimum absolute atomic E-state index is 0.157. The van der Waals surface area contributed by atoms with E-state index in [-0.39, 0.29) is 11.3 Å². The molecule has 1 fully saturated rings. The van der Waals surface area contributed by atoms with Gasteiger partial charge in [-0.1, -0.05) is 42.5 Å². The highest BCUT2D eigenvalue weighted by atomic mass is 35.5. The zero-order valence-electron chi connectivity index (χ0n) is 13.8. The molecule has 0 bridgehead atoms. The van der Waals surface area contributed by atoms with Gasteiger partial charge in [-0.15, -0.1) is 11.6 Å². The molecule has 1 amide bonds. The second-order valence-corrected chi connectivity index (χ2v) is 6.80. The molecule has 2 aliphatic heterocycles. The van der Waals surface area contributed by atoms with Gasteiger partial charge in [-0.3, -0.25) is 9.69 Å². The number of allylic oxidation sites excluding steroid dienone is 5. The third kappa shape index (κ3) is 3.38. The van der Waals surface area contributed by atoms with Crippen LogP contribution < -0.4 is 0 Å². The first kappa shape index (κ1) is 16.5. The molecule has 1 saturated heterocycles. The molecule has 25 heavy (non-hydrogen) atoms. The molecule has 0 radical (unpaired) electrons. The summed E-state index contributed by atoms with van der Waals surface area (Å²) in [5, 5.41) is -0.189. The molecule has 0 spiro atoms. The number of morpholine rings is 1. The minimum atomic E-state index is -0.189. The summed E-state index contributed by atoms with van der Waals surface area (Å²) < 4.78 is 5.42. The van der Waals surface area contributed by atoms with Gasteiger partial charge in [0.25, 0.3) is 5.91 Å². The maximum absolute atomic E-state index is 12.8. The fourth-order valence-electron chi connectivity index (χ4n) is 3.39. The highest BCUT2D eigenvalue weighted by molar-refractivity contribution is 6.32. The zero-order chi connectivity index (χ0) is 17.2. The molecule has 0 aromatic heterocycles. The second-order valence-electron chi connectivity index (χ2n) is 6.29. The summed E-state index contributed by atoms with van der Waals surface area (Å²) in [6.45, 7) is 3.63. The lowest BCUT2D eigenvalue weighted by Crippen LogP contribution is -2.39. The molecule has 1 atom stereocenters. The van der Waals surface area contributed by atoms with E-state index < -0.39 is 0 Å². The van der Waals surface area contributed by atoms with Crippen molar-refractivity contribution < 1.29 is 9.53 Å². The van der Waals surface area contributed by atoms with Crippen LogP contribution in [0.25, 0.3) is 5.57 Å². The monoisotopic (exact) mass is 354 g/mol. The summed E-state index contributed by atoms with van der Waals surface area (Å²) >= 11 is 6.31. The molecule has 1 unspecified atom stereocenters. The van der Waals surface area contributed by atoms with E-state index in [1.807, 2.05) is 48.6 Å². The van der Waals surface area contributed by atoms with Crippen molar-refractivity contribution in [1.82, 2.24) is 4.90 Å². The normalized spacial score (nSPS) is 24.0. The summed E-state index contributed by atoms with van der Waals surface area (Å²) in [4.78, 5) is 19.3. The molecule has 4 nitrogen and oxygen atoms in total. The fourth-order valence-corrected chi connectivity index (χ4v) is 3.59. The van der Waals surface area contributed by atoms with E-state index in [1.54, 1.807) is 0 Å². The number of hydrogen-bond acceptors (Lipinski definition) is 3. The minimum Gasteiger partial charge on any atom is -0.379 e. The number of hydrogen-bond donors (Lipinski definition) is 0. The lowest BCUT2D eigenvalue weighted by molar-refractivity contribution is -0.114. The van der Waals surface area contributed by atoms with Gasteiger partial charge in [0.05, 0.1) is 24.3 Å². The number of aliphatic imine (C=N–C) groups is 1. The Morgan fingerprint density at radius 3 is 2.72 bits per heavy atom. The summed E-state index contributed by atoms with van der Waals surface area (Å²) in [7, 11) is 0. The number of amides is 1. The molecule has 1 aromatic rings. The number of rotatable bonds is 3. The average molecular weight is 355 g/mol. The summed E-state index contributed by atoms with van der Waals surface area (Å²) in [6.07, 6.45) is 5.68. The smallest absolute Gasteiger partial charge is 0.275 e. The van der Waals surface area contributed by atoms with Crippen LogP contribution in [0.2, 0.25) is 0 Å². The van der Waals surface area contributed by atoms with Crippen LogP contribution >= 0.6 is 11.6 Å². The van der Waals surface area contributed by atoms with Gasteiger partial charge in [-0.25, -0.2) is 4.99 Å². The summed E-state index contributed by atoms with van der Waals surface area (Å²) in [5.41, 5.74) is 4.37. The zero-order valence-corrected chi connectivity index (χ0v) is 14.6. The number of carbonyl (C=O) groups is 1. The second kappa shape index (κ2) is 7.08. The molecule has 128 valence electrons. The first-order chi connectivity index (χ1) is 12.2. The van der Waals surface area contributed by atoms with Crippen molar-refractivity contribution in [3.8, 4) is 0 Å². The Morgan fingerprint density at radius 1 is 1.20 bits per heavy atom. The van der Waals surface area contributed by atoms with Crippen molar-refractivity contribution in [2.45, 2.75) is 5.38 Å². The van der Waals surface area contributed by atoms with Gasteiger partial charge in [-0.05, 0) is 11.6 Å². The van der Waals surface area contributed by atoms with Gasteiger partial charge in [-0.2, -0.15) is 0 Å². The van der Waals surface area contributed by atoms with Crippen LogP contribution in [0.3, 0.4) is 0 Å². The maximum atomic E-state index is 12.8. The standard InChI is InChI=1S/C20H19ClN2O2/c21-15-6-7-18-16(12-15)19(14-4-2-1-3-5-14)17(20(24)22-18)13-23-8-10-25-11-9-23/h1-7,12,15H,8-11,13H2. The van der Waals surface area contributed by atoms with Crippen molar-refractivity contribution in [3.05, 3.63) is 65.3 Å². The molecule has 2 heterocycles. The Morgan fingerprint density at radius 2 is 1.96 bits per heavy atom. The number of carbonyl (C=O) groups excluding carboxylic acids is 1. The Hall–Kier alpha value is -2.01. The van der Waals surface area contributed by atoms with Crippen molar-refractivity contribution in [1.29, 1.82) is 0 Å². The highest BCUT2D eigenvalue weighted by Crippen LogP contribution is 2.35. The molecular formula is C20H19ClN2O2. The number of fused-ring (bicyclic) bond motifs is 1. The van der Waals surface area contributed by atoms with Crippen molar-refractivity contribution >= 4 is 28.8 Å². The molecule has 0 saturated carbocycles. The predicted octanol–water partition coefficient (Wildman–Crippen LogP) is 2.86. The molecule has 3 aliphatic rings. The van der Waals surface area contributed by atoms with Crippen LogP contribution in [0.4, 0.5) is 0 Å². The Labute approximate surface area is 152 Å². The first-order valence-corrected chi connectivity index (χ1v) is 8.92. The predicted molar refractivity (Wildman–Crippen MR) is 99.9 cm³/mol. The van der Waals surface area contributed by atoms with Crippen molar-refractivity contribution in [2.75, 3.05) is 32.8 Å². The number of ether oxygens (including phenoxy) is 1. The highest BCUT2D eigenvalue weighted by Gasteiger charge is 2.30. The fraction of sp³-hybridized carbons (Fsp3) is 0.300. The van der Waals surface area contributed by atoms with Crippen LogP contribution in [0, 0.1) is 0 Å². The van der Waals surface area contributed by atoms with Gasteiger partial charge >= 0.3 is 0 Å².